The van der Waals surface area contributed by atoms with E-state index in [0.29, 0.717) is 32.7 Å². The third-order valence-electron chi connectivity index (χ3n) is 6.90. The Morgan fingerprint density at radius 3 is 2.37 bits per heavy atom. The first kappa shape index (κ1) is 29.4. The molecule has 6 nitrogen and oxygen atoms in total. The molecule has 2 amide bonds. The van der Waals surface area contributed by atoms with Gasteiger partial charge in [0.15, 0.2) is 0 Å². The number of H-pyrrole nitrogens is 1. The summed E-state index contributed by atoms with van der Waals surface area (Å²) in [6, 6.07) is 16.5. The van der Waals surface area contributed by atoms with E-state index in [-0.39, 0.29) is 29.7 Å². The third kappa shape index (κ3) is 9.02. The quantitative estimate of drug-likeness (QED) is 0.302. The summed E-state index contributed by atoms with van der Waals surface area (Å²) in [5, 5.41) is 1.18. The maximum atomic E-state index is 13.7. The van der Waals surface area contributed by atoms with Gasteiger partial charge in [-0.25, -0.2) is 0 Å². The highest BCUT2D eigenvalue weighted by Gasteiger charge is 2.25. The second-order valence-electron chi connectivity index (χ2n) is 11.8. The number of para-hydroxylation sites is 1. The summed E-state index contributed by atoms with van der Waals surface area (Å²) in [4.78, 5) is 33.9. The number of aromatic nitrogens is 1. The molecule has 3 rings (SSSR count). The predicted molar refractivity (Wildman–Crippen MR) is 155 cm³/mol. The minimum absolute atomic E-state index is 0.0130. The molecule has 3 aromatic rings. The summed E-state index contributed by atoms with van der Waals surface area (Å²) < 4.78 is 5.27. The second kappa shape index (κ2) is 13.6. The number of hydrogen-bond acceptors (Lipinski definition) is 3. The van der Waals surface area contributed by atoms with Crippen LogP contribution < -0.4 is 0 Å². The summed E-state index contributed by atoms with van der Waals surface area (Å²) in [7, 11) is 1.62. The molecule has 206 valence electrons. The molecule has 1 atom stereocenters. The van der Waals surface area contributed by atoms with Crippen molar-refractivity contribution in [2.24, 2.45) is 11.3 Å². The van der Waals surface area contributed by atoms with Crippen LogP contribution in [0.5, 0.6) is 0 Å². The van der Waals surface area contributed by atoms with Crippen molar-refractivity contribution in [3.8, 4) is 0 Å². The van der Waals surface area contributed by atoms with E-state index in [2.05, 4.69) is 76.0 Å². The van der Waals surface area contributed by atoms with E-state index in [1.165, 1.54) is 16.5 Å². The van der Waals surface area contributed by atoms with Gasteiger partial charge in [-0.2, -0.15) is 0 Å². The lowest BCUT2D eigenvalue weighted by Gasteiger charge is -2.29. The van der Waals surface area contributed by atoms with Gasteiger partial charge in [0.2, 0.25) is 11.8 Å². The standard InChI is InChI=1S/C32H45N3O3/c1-24-11-13-26(14-12-24)22-34(16-15-27-21-33-29-10-8-7-9-28(27)29)31(37)23-35(17-18-38-6)30(36)19-25(2)20-32(3,4)5/h7-14,21,25,33H,15-20,22-23H2,1-6H3. The molecule has 0 spiro atoms. The van der Waals surface area contributed by atoms with Crippen LogP contribution in [0.15, 0.2) is 54.7 Å². The van der Waals surface area contributed by atoms with Gasteiger partial charge in [0.25, 0.3) is 0 Å². The van der Waals surface area contributed by atoms with Gasteiger partial charge in [0, 0.05) is 50.3 Å². The number of aromatic amines is 1. The second-order valence-corrected chi connectivity index (χ2v) is 11.8. The molecule has 0 aliphatic carbocycles. The van der Waals surface area contributed by atoms with Crippen molar-refractivity contribution in [2.75, 3.05) is 33.4 Å². The highest BCUT2D eigenvalue weighted by molar-refractivity contribution is 5.85. The molecule has 1 N–H and O–H groups in total. The Balaban J connectivity index is 1.75. The van der Waals surface area contributed by atoms with E-state index in [1.54, 1.807) is 12.0 Å². The van der Waals surface area contributed by atoms with Gasteiger partial charge in [-0.05, 0) is 48.3 Å². The molecule has 1 aromatic heterocycles. The zero-order chi connectivity index (χ0) is 27.7. The zero-order valence-electron chi connectivity index (χ0n) is 24.0. The summed E-state index contributed by atoms with van der Waals surface area (Å²) in [5.74, 6) is 0.214. The maximum Gasteiger partial charge on any atom is 0.242 e. The Kier molecular flexibility index (Phi) is 10.5. The molecular weight excluding hydrogens is 474 g/mol. The van der Waals surface area contributed by atoms with Crippen LogP contribution in [0.4, 0.5) is 0 Å². The van der Waals surface area contributed by atoms with Crippen molar-refractivity contribution in [1.82, 2.24) is 14.8 Å². The Labute approximate surface area is 228 Å². The number of nitrogens with one attached hydrogen (secondary N) is 1. The van der Waals surface area contributed by atoms with Crippen LogP contribution in [-0.2, 0) is 27.3 Å². The van der Waals surface area contributed by atoms with Gasteiger partial charge in [-0.3, -0.25) is 9.59 Å². The maximum absolute atomic E-state index is 13.7. The number of fused-ring (bicyclic) bond motifs is 1. The monoisotopic (exact) mass is 519 g/mol. The lowest BCUT2D eigenvalue weighted by atomic mass is 9.84. The first-order valence-corrected chi connectivity index (χ1v) is 13.7. The van der Waals surface area contributed by atoms with Gasteiger partial charge >= 0.3 is 0 Å². The van der Waals surface area contributed by atoms with Crippen molar-refractivity contribution in [2.45, 2.75) is 60.4 Å². The highest BCUT2D eigenvalue weighted by Crippen LogP contribution is 2.26. The molecule has 0 saturated carbocycles. The van der Waals surface area contributed by atoms with Gasteiger partial charge in [0.1, 0.15) is 0 Å². The number of hydrogen-bond donors (Lipinski definition) is 1. The molecule has 1 unspecified atom stereocenters. The van der Waals surface area contributed by atoms with Crippen LogP contribution in [0.3, 0.4) is 0 Å². The smallest absolute Gasteiger partial charge is 0.242 e. The molecule has 0 fully saturated rings. The van der Waals surface area contributed by atoms with Crippen molar-refractivity contribution in [1.29, 1.82) is 0 Å². The number of rotatable bonds is 13. The lowest BCUT2D eigenvalue weighted by Crippen LogP contribution is -2.45. The molecule has 0 bridgehead atoms. The van der Waals surface area contributed by atoms with E-state index in [9.17, 15) is 9.59 Å². The minimum atomic E-state index is -0.0432. The molecular formula is C32H45N3O3. The molecule has 2 aromatic carbocycles. The predicted octanol–water partition coefficient (Wildman–Crippen LogP) is 5.99. The number of carbonyl (C=O) groups is 2. The summed E-state index contributed by atoms with van der Waals surface area (Å²) in [5.41, 5.74) is 4.70. The fourth-order valence-electron chi connectivity index (χ4n) is 5.10. The molecule has 0 saturated heterocycles. The molecule has 6 heteroatoms. The van der Waals surface area contributed by atoms with Crippen LogP contribution in [0.1, 0.15) is 57.2 Å². The van der Waals surface area contributed by atoms with Crippen molar-refractivity contribution >= 4 is 22.7 Å². The number of benzene rings is 2. The number of amides is 2. The van der Waals surface area contributed by atoms with Crippen molar-refractivity contribution in [3.05, 3.63) is 71.4 Å². The molecule has 1 heterocycles. The first-order valence-electron chi connectivity index (χ1n) is 13.7. The fraction of sp³-hybridized carbons (Fsp3) is 0.500. The number of nitrogens with zero attached hydrogens (tertiary/aromatic N) is 2. The van der Waals surface area contributed by atoms with Crippen LogP contribution in [0.25, 0.3) is 10.9 Å². The first-order chi connectivity index (χ1) is 18.1. The number of aryl methyl sites for hydroxylation is 1. The van der Waals surface area contributed by atoms with Crippen LogP contribution in [0, 0.1) is 18.3 Å². The van der Waals surface area contributed by atoms with Gasteiger partial charge in [-0.1, -0.05) is 75.7 Å². The van der Waals surface area contributed by atoms with Crippen LogP contribution in [-0.4, -0.2) is 59.9 Å². The molecule has 0 aliphatic heterocycles. The summed E-state index contributed by atoms with van der Waals surface area (Å²) in [6.45, 7) is 12.7. The molecule has 0 radical (unpaired) electrons. The SMILES string of the molecule is COCCN(CC(=O)N(CCc1c[nH]c2ccccc12)Cc1ccc(C)cc1)C(=O)CC(C)CC(C)(C)C. The van der Waals surface area contributed by atoms with Crippen molar-refractivity contribution in [3.63, 3.8) is 0 Å². The average Bonchev–Trinajstić information content (AvgIpc) is 3.27. The normalized spacial score (nSPS) is 12.5. The third-order valence-corrected chi connectivity index (χ3v) is 6.90. The van der Waals surface area contributed by atoms with E-state index < -0.39 is 0 Å². The highest BCUT2D eigenvalue weighted by atomic mass is 16.5. The van der Waals surface area contributed by atoms with E-state index >= 15 is 0 Å². The lowest BCUT2D eigenvalue weighted by molar-refractivity contribution is -0.142. The zero-order valence-corrected chi connectivity index (χ0v) is 24.0. The van der Waals surface area contributed by atoms with Gasteiger partial charge in [-0.15, -0.1) is 0 Å². The number of ether oxygens (including phenoxy) is 1. The number of methoxy groups -OCH3 is 1. The van der Waals surface area contributed by atoms with E-state index in [4.69, 9.17) is 4.74 Å². The van der Waals surface area contributed by atoms with Gasteiger partial charge < -0.3 is 19.5 Å². The number of carbonyl (C=O) groups excluding carboxylic acids is 2. The van der Waals surface area contributed by atoms with E-state index in [0.717, 1.165) is 23.9 Å². The topological polar surface area (TPSA) is 65.6 Å². The van der Waals surface area contributed by atoms with Crippen LogP contribution in [0.2, 0.25) is 0 Å². The minimum Gasteiger partial charge on any atom is -0.383 e. The van der Waals surface area contributed by atoms with Crippen molar-refractivity contribution < 1.29 is 14.3 Å². The average molecular weight is 520 g/mol. The Morgan fingerprint density at radius 2 is 1.68 bits per heavy atom. The Morgan fingerprint density at radius 1 is 0.974 bits per heavy atom. The fourth-order valence-corrected chi connectivity index (χ4v) is 5.10. The van der Waals surface area contributed by atoms with Crippen LogP contribution >= 0.6 is 0 Å². The Bertz CT molecular complexity index is 1180. The Hall–Kier alpha value is -3.12. The summed E-state index contributed by atoms with van der Waals surface area (Å²) in [6.07, 6.45) is 4.15. The summed E-state index contributed by atoms with van der Waals surface area (Å²) >= 11 is 0. The largest absolute Gasteiger partial charge is 0.383 e. The van der Waals surface area contributed by atoms with Gasteiger partial charge in [0.05, 0.1) is 13.2 Å². The molecule has 0 aliphatic rings. The van der Waals surface area contributed by atoms with E-state index in [1.807, 2.05) is 23.2 Å². The molecule has 38 heavy (non-hydrogen) atoms.